The molecule has 0 aliphatic carbocycles. The molecular weight excluding hydrogens is 186 g/mol. The summed E-state index contributed by atoms with van der Waals surface area (Å²) < 4.78 is 1.88. The van der Waals surface area contributed by atoms with Crippen LogP contribution in [-0.4, -0.2) is 15.8 Å². The minimum Gasteiger partial charge on any atom is -0.380 e. The molecule has 86 valence electrons. The number of aryl methyl sites for hydroxylation is 2. The van der Waals surface area contributed by atoms with Gasteiger partial charge in [-0.1, -0.05) is 26.7 Å². The largest absolute Gasteiger partial charge is 0.380 e. The van der Waals surface area contributed by atoms with Crippen molar-refractivity contribution in [2.75, 3.05) is 5.32 Å². The highest BCUT2D eigenvalue weighted by molar-refractivity contribution is 5.46. The van der Waals surface area contributed by atoms with E-state index in [0.717, 1.165) is 6.42 Å². The third-order valence-electron chi connectivity index (χ3n) is 2.63. The van der Waals surface area contributed by atoms with E-state index >= 15 is 0 Å². The summed E-state index contributed by atoms with van der Waals surface area (Å²) in [4.78, 5) is 0. The average Bonchev–Trinajstić information content (AvgIpc) is 2.55. The van der Waals surface area contributed by atoms with E-state index in [1.807, 2.05) is 11.7 Å². The zero-order valence-corrected chi connectivity index (χ0v) is 10.4. The Morgan fingerprint density at radius 2 is 2.20 bits per heavy atom. The maximum Gasteiger partial charge on any atom is 0.0853 e. The molecule has 0 saturated heterocycles. The zero-order valence-electron chi connectivity index (χ0n) is 10.4. The number of hydrogen-bond acceptors (Lipinski definition) is 2. The van der Waals surface area contributed by atoms with Crippen molar-refractivity contribution in [3.05, 3.63) is 11.9 Å². The second-order valence-corrected chi connectivity index (χ2v) is 4.20. The van der Waals surface area contributed by atoms with Crippen LogP contribution in [0.4, 0.5) is 5.69 Å². The molecule has 15 heavy (non-hydrogen) atoms. The Morgan fingerprint density at radius 1 is 1.47 bits per heavy atom. The highest BCUT2D eigenvalue weighted by Gasteiger charge is 2.08. The molecule has 1 heterocycles. The molecule has 1 aromatic rings. The first-order chi connectivity index (χ1) is 7.17. The van der Waals surface area contributed by atoms with Gasteiger partial charge in [0.2, 0.25) is 0 Å². The van der Waals surface area contributed by atoms with E-state index in [2.05, 4.69) is 37.4 Å². The third-order valence-corrected chi connectivity index (χ3v) is 2.63. The Hall–Kier alpha value is -0.990. The summed E-state index contributed by atoms with van der Waals surface area (Å²) >= 11 is 0. The summed E-state index contributed by atoms with van der Waals surface area (Å²) in [6.07, 6.45) is 6.84. The minimum absolute atomic E-state index is 0.541. The smallest absolute Gasteiger partial charge is 0.0853 e. The number of anilines is 1. The zero-order chi connectivity index (χ0) is 11.3. The van der Waals surface area contributed by atoms with Gasteiger partial charge in [-0.3, -0.25) is 4.68 Å². The van der Waals surface area contributed by atoms with Gasteiger partial charge in [-0.05, 0) is 19.8 Å². The van der Waals surface area contributed by atoms with Crippen LogP contribution in [0.1, 0.15) is 45.7 Å². The number of nitrogens with one attached hydrogen (secondary N) is 1. The summed E-state index contributed by atoms with van der Waals surface area (Å²) in [6.45, 7) is 6.61. The fraction of sp³-hybridized carbons (Fsp3) is 0.750. The number of nitrogens with zero attached hydrogens (tertiary/aromatic N) is 2. The van der Waals surface area contributed by atoms with E-state index in [4.69, 9.17) is 0 Å². The van der Waals surface area contributed by atoms with E-state index in [1.165, 1.54) is 30.6 Å². The topological polar surface area (TPSA) is 29.9 Å². The van der Waals surface area contributed by atoms with Crippen molar-refractivity contribution in [2.45, 2.75) is 52.5 Å². The van der Waals surface area contributed by atoms with Crippen molar-refractivity contribution >= 4 is 5.69 Å². The van der Waals surface area contributed by atoms with Gasteiger partial charge in [-0.2, -0.15) is 5.10 Å². The van der Waals surface area contributed by atoms with Crippen LogP contribution in [0, 0.1) is 0 Å². The van der Waals surface area contributed by atoms with Crippen molar-refractivity contribution < 1.29 is 0 Å². The van der Waals surface area contributed by atoms with Crippen molar-refractivity contribution in [3.8, 4) is 0 Å². The Labute approximate surface area is 92.9 Å². The summed E-state index contributed by atoms with van der Waals surface area (Å²) in [6, 6.07) is 0.541. The van der Waals surface area contributed by atoms with E-state index in [-0.39, 0.29) is 0 Å². The molecule has 0 radical (unpaired) electrons. The molecule has 1 aromatic heterocycles. The first kappa shape index (κ1) is 12.1. The molecule has 1 atom stereocenters. The van der Waals surface area contributed by atoms with Crippen LogP contribution in [0.15, 0.2) is 6.20 Å². The highest BCUT2D eigenvalue weighted by Crippen LogP contribution is 2.16. The predicted molar refractivity (Wildman–Crippen MR) is 65.2 cm³/mol. The Bertz CT molecular complexity index is 291. The van der Waals surface area contributed by atoms with Crippen LogP contribution in [0.3, 0.4) is 0 Å². The highest BCUT2D eigenvalue weighted by atomic mass is 15.3. The van der Waals surface area contributed by atoms with Gasteiger partial charge < -0.3 is 5.32 Å². The van der Waals surface area contributed by atoms with Gasteiger partial charge >= 0.3 is 0 Å². The van der Waals surface area contributed by atoms with Gasteiger partial charge in [0, 0.05) is 19.3 Å². The second-order valence-electron chi connectivity index (χ2n) is 4.20. The SMILES string of the molecule is CCCCC(C)Nc1cn(C)nc1CC. The lowest BCUT2D eigenvalue weighted by molar-refractivity contribution is 0.644. The molecule has 0 aliphatic heterocycles. The molecule has 3 heteroatoms. The van der Waals surface area contributed by atoms with Crippen molar-refractivity contribution in [2.24, 2.45) is 7.05 Å². The number of aromatic nitrogens is 2. The molecule has 0 aliphatic rings. The van der Waals surface area contributed by atoms with Crippen LogP contribution >= 0.6 is 0 Å². The van der Waals surface area contributed by atoms with Gasteiger partial charge in [-0.15, -0.1) is 0 Å². The monoisotopic (exact) mass is 209 g/mol. The van der Waals surface area contributed by atoms with Crippen molar-refractivity contribution in [3.63, 3.8) is 0 Å². The van der Waals surface area contributed by atoms with Crippen LogP contribution in [0.5, 0.6) is 0 Å². The first-order valence-electron chi connectivity index (χ1n) is 5.96. The van der Waals surface area contributed by atoms with E-state index in [9.17, 15) is 0 Å². The molecule has 0 saturated carbocycles. The lowest BCUT2D eigenvalue weighted by Crippen LogP contribution is -2.15. The van der Waals surface area contributed by atoms with Crippen LogP contribution in [0.2, 0.25) is 0 Å². The van der Waals surface area contributed by atoms with Gasteiger partial charge in [0.1, 0.15) is 0 Å². The number of hydrogen-bond donors (Lipinski definition) is 1. The summed E-state index contributed by atoms with van der Waals surface area (Å²) in [7, 11) is 1.97. The molecule has 0 fully saturated rings. The minimum atomic E-state index is 0.541. The lowest BCUT2D eigenvalue weighted by atomic mass is 10.1. The fourth-order valence-electron chi connectivity index (χ4n) is 1.76. The standard InChI is InChI=1S/C12H23N3/c1-5-7-8-10(3)13-12-9-15(4)14-11(12)6-2/h9-10,13H,5-8H2,1-4H3. The van der Waals surface area contributed by atoms with Crippen LogP contribution in [0.25, 0.3) is 0 Å². The summed E-state index contributed by atoms with van der Waals surface area (Å²) in [5.74, 6) is 0. The molecule has 0 bridgehead atoms. The summed E-state index contributed by atoms with van der Waals surface area (Å²) in [5.41, 5.74) is 2.37. The Morgan fingerprint density at radius 3 is 2.80 bits per heavy atom. The quantitative estimate of drug-likeness (QED) is 0.780. The van der Waals surface area contributed by atoms with Gasteiger partial charge in [-0.25, -0.2) is 0 Å². The second kappa shape index (κ2) is 5.79. The van der Waals surface area contributed by atoms with E-state index in [0.29, 0.717) is 6.04 Å². The number of unbranched alkanes of at least 4 members (excludes halogenated alkanes) is 1. The van der Waals surface area contributed by atoms with Gasteiger partial charge in [0.25, 0.3) is 0 Å². The molecule has 3 nitrogen and oxygen atoms in total. The molecule has 1 N–H and O–H groups in total. The van der Waals surface area contributed by atoms with Crippen LogP contribution in [-0.2, 0) is 13.5 Å². The molecular formula is C12H23N3. The molecule has 1 rings (SSSR count). The molecule has 1 unspecified atom stereocenters. The Balaban J connectivity index is 2.54. The van der Waals surface area contributed by atoms with E-state index in [1.54, 1.807) is 0 Å². The van der Waals surface area contributed by atoms with Gasteiger partial charge in [0.05, 0.1) is 11.4 Å². The van der Waals surface area contributed by atoms with Crippen molar-refractivity contribution in [1.82, 2.24) is 9.78 Å². The number of rotatable bonds is 6. The molecule has 0 amide bonds. The van der Waals surface area contributed by atoms with E-state index < -0.39 is 0 Å². The maximum atomic E-state index is 4.42. The third kappa shape index (κ3) is 3.57. The lowest BCUT2D eigenvalue weighted by Gasteiger charge is -2.13. The van der Waals surface area contributed by atoms with Gasteiger partial charge in [0.15, 0.2) is 0 Å². The fourth-order valence-corrected chi connectivity index (χ4v) is 1.76. The molecule has 0 spiro atoms. The molecule has 0 aromatic carbocycles. The predicted octanol–water partition coefficient (Wildman–Crippen LogP) is 2.97. The summed E-state index contributed by atoms with van der Waals surface area (Å²) in [5, 5.41) is 7.95. The maximum absolute atomic E-state index is 4.42. The average molecular weight is 209 g/mol. The van der Waals surface area contributed by atoms with Crippen LogP contribution < -0.4 is 5.32 Å². The Kier molecular flexibility index (Phi) is 4.66. The normalized spacial score (nSPS) is 12.8. The first-order valence-corrected chi connectivity index (χ1v) is 5.96. The van der Waals surface area contributed by atoms with Crippen molar-refractivity contribution in [1.29, 1.82) is 0 Å².